The van der Waals surface area contributed by atoms with Crippen LogP contribution in [0.5, 0.6) is 0 Å². The van der Waals surface area contributed by atoms with Crippen LogP contribution in [-0.4, -0.2) is 24.8 Å². The molecule has 0 amide bonds. The summed E-state index contributed by atoms with van der Waals surface area (Å²) in [5.74, 6) is 0.192. The second-order valence-corrected chi connectivity index (χ2v) is 5.05. The van der Waals surface area contributed by atoms with Gasteiger partial charge in [0, 0.05) is 13.0 Å². The maximum absolute atomic E-state index is 12.0. The maximum atomic E-state index is 12.0. The van der Waals surface area contributed by atoms with Crippen molar-refractivity contribution in [1.82, 2.24) is 0 Å². The first kappa shape index (κ1) is 13.8. The van der Waals surface area contributed by atoms with E-state index in [1.807, 2.05) is 31.2 Å². The van der Waals surface area contributed by atoms with Gasteiger partial charge < -0.3 is 9.47 Å². The molecule has 1 aromatic rings. The van der Waals surface area contributed by atoms with E-state index in [1.165, 1.54) is 0 Å². The van der Waals surface area contributed by atoms with Crippen LogP contribution in [0.3, 0.4) is 0 Å². The zero-order valence-electron chi connectivity index (χ0n) is 11.6. The average Bonchev–Trinajstić information content (AvgIpc) is 3.05. The van der Waals surface area contributed by atoms with Crippen LogP contribution in [0.4, 0.5) is 0 Å². The average molecular weight is 260 g/mol. The Labute approximate surface area is 114 Å². The lowest BCUT2D eigenvalue weighted by molar-refractivity contribution is 0.0168. The molecule has 4 unspecified atom stereocenters. The Morgan fingerprint density at radius 1 is 1.42 bits per heavy atom. The second kappa shape index (κ2) is 5.17. The van der Waals surface area contributed by atoms with Gasteiger partial charge in [0.1, 0.15) is 6.10 Å². The second-order valence-electron chi connectivity index (χ2n) is 5.05. The lowest BCUT2D eigenvalue weighted by Gasteiger charge is -2.16. The molecule has 1 fully saturated rings. The molecule has 3 nitrogen and oxygen atoms in total. The van der Waals surface area contributed by atoms with Gasteiger partial charge in [-0.1, -0.05) is 31.2 Å². The Morgan fingerprint density at radius 3 is 2.53 bits per heavy atom. The third kappa shape index (κ3) is 2.30. The van der Waals surface area contributed by atoms with Crippen molar-refractivity contribution in [3.8, 4) is 0 Å². The van der Waals surface area contributed by atoms with Crippen LogP contribution in [0.1, 0.15) is 24.2 Å². The van der Waals surface area contributed by atoms with E-state index in [-0.39, 0.29) is 23.6 Å². The number of hydrogen-bond donors (Lipinski definition) is 0. The SMILES string of the molecule is C=CC1(OC)C(C)C1C(C)OC(=O)c1ccccc1. The zero-order chi connectivity index (χ0) is 14.0. The van der Waals surface area contributed by atoms with Gasteiger partial charge in [0.2, 0.25) is 0 Å². The number of carbonyl (C=O) groups excluding carboxylic acids is 1. The number of methoxy groups -OCH3 is 1. The van der Waals surface area contributed by atoms with Gasteiger partial charge in [0.25, 0.3) is 0 Å². The largest absolute Gasteiger partial charge is 0.459 e. The molecule has 0 spiro atoms. The summed E-state index contributed by atoms with van der Waals surface area (Å²) in [6.07, 6.45) is 1.62. The number of esters is 1. The molecule has 0 aromatic heterocycles. The molecule has 1 aliphatic rings. The number of carbonyl (C=O) groups is 1. The summed E-state index contributed by atoms with van der Waals surface area (Å²) >= 11 is 0. The topological polar surface area (TPSA) is 35.5 Å². The number of ether oxygens (including phenoxy) is 2. The molecule has 2 rings (SSSR count). The molecule has 0 heterocycles. The lowest BCUT2D eigenvalue weighted by Crippen LogP contribution is -2.23. The molecule has 1 saturated carbocycles. The van der Waals surface area contributed by atoms with E-state index >= 15 is 0 Å². The standard InChI is InChI=1S/C16H20O3/c1-5-16(18-4)11(2)14(16)12(3)19-15(17)13-9-7-6-8-10-13/h5-12,14H,1H2,2-4H3. The summed E-state index contributed by atoms with van der Waals surface area (Å²) in [5, 5.41) is 0. The van der Waals surface area contributed by atoms with Crippen LogP contribution in [0.25, 0.3) is 0 Å². The highest BCUT2D eigenvalue weighted by Crippen LogP contribution is 2.56. The minimum absolute atomic E-state index is 0.169. The Kier molecular flexibility index (Phi) is 3.76. The van der Waals surface area contributed by atoms with Gasteiger partial charge in [-0.3, -0.25) is 0 Å². The Balaban J connectivity index is 2.02. The quantitative estimate of drug-likeness (QED) is 0.603. The van der Waals surface area contributed by atoms with Crippen molar-refractivity contribution in [3.63, 3.8) is 0 Å². The Morgan fingerprint density at radius 2 is 2.05 bits per heavy atom. The molecule has 0 aliphatic heterocycles. The monoisotopic (exact) mass is 260 g/mol. The molecular formula is C16H20O3. The van der Waals surface area contributed by atoms with Gasteiger partial charge in [-0.15, -0.1) is 6.58 Å². The van der Waals surface area contributed by atoms with Gasteiger partial charge in [-0.2, -0.15) is 0 Å². The first-order valence-electron chi connectivity index (χ1n) is 6.51. The van der Waals surface area contributed by atoms with E-state index in [4.69, 9.17) is 9.47 Å². The third-order valence-corrected chi connectivity index (χ3v) is 4.14. The van der Waals surface area contributed by atoms with E-state index in [1.54, 1.807) is 19.2 Å². The summed E-state index contributed by atoms with van der Waals surface area (Å²) in [5.41, 5.74) is 0.223. The van der Waals surface area contributed by atoms with Gasteiger partial charge in [-0.25, -0.2) is 4.79 Å². The normalized spacial score (nSPS) is 30.5. The van der Waals surface area contributed by atoms with Crippen LogP contribution < -0.4 is 0 Å². The van der Waals surface area contributed by atoms with Crippen molar-refractivity contribution >= 4 is 5.97 Å². The molecule has 0 saturated heterocycles. The van der Waals surface area contributed by atoms with Gasteiger partial charge in [-0.05, 0) is 25.0 Å². The first-order chi connectivity index (χ1) is 9.06. The maximum Gasteiger partial charge on any atom is 0.338 e. The highest BCUT2D eigenvalue weighted by molar-refractivity contribution is 5.89. The highest BCUT2D eigenvalue weighted by atomic mass is 16.6. The predicted octanol–water partition coefficient (Wildman–Crippen LogP) is 3.07. The summed E-state index contributed by atoms with van der Waals surface area (Å²) in [6.45, 7) is 7.82. The smallest absolute Gasteiger partial charge is 0.338 e. The highest BCUT2D eigenvalue weighted by Gasteiger charge is 2.64. The van der Waals surface area contributed by atoms with Crippen molar-refractivity contribution in [2.24, 2.45) is 11.8 Å². The molecule has 0 radical (unpaired) electrons. The molecule has 19 heavy (non-hydrogen) atoms. The van der Waals surface area contributed by atoms with Crippen molar-refractivity contribution < 1.29 is 14.3 Å². The molecule has 4 atom stereocenters. The van der Waals surface area contributed by atoms with Gasteiger partial charge in [0.15, 0.2) is 0 Å². The van der Waals surface area contributed by atoms with Crippen LogP contribution in [0.2, 0.25) is 0 Å². The fraction of sp³-hybridized carbons (Fsp3) is 0.438. The summed E-state index contributed by atoms with van der Waals surface area (Å²) in [4.78, 5) is 12.0. The lowest BCUT2D eigenvalue weighted by atomic mass is 10.1. The Hall–Kier alpha value is -1.61. The van der Waals surface area contributed by atoms with Crippen LogP contribution >= 0.6 is 0 Å². The third-order valence-electron chi connectivity index (χ3n) is 4.14. The molecule has 0 N–H and O–H groups in total. The van der Waals surface area contributed by atoms with E-state index in [0.29, 0.717) is 11.5 Å². The van der Waals surface area contributed by atoms with Crippen molar-refractivity contribution in [2.45, 2.75) is 25.6 Å². The molecule has 102 valence electrons. The fourth-order valence-electron chi connectivity index (χ4n) is 2.97. The molecule has 1 aliphatic carbocycles. The molecule has 0 bridgehead atoms. The first-order valence-corrected chi connectivity index (χ1v) is 6.51. The van der Waals surface area contributed by atoms with Crippen molar-refractivity contribution in [1.29, 1.82) is 0 Å². The molecule has 1 aromatic carbocycles. The molecular weight excluding hydrogens is 240 g/mol. The minimum atomic E-state index is -0.351. The van der Waals surface area contributed by atoms with Crippen molar-refractivity contribution in [2.75, 3.05) is 7.11 Å². The predicted molar refractivity (Wildman–Crippen MR) is 73.9 cm³/mol. The zero-order valence-corrected chi connectivity index (χ0v) is 11.6. The van der Waals surface area contributed by atoms with E-state index in [0.717, 1.165) is 0 Å². The van der Waals surface area contributed by atoms with E-state index in [9.17, 15) is 4.79 Å². The fourth-order valence-corrected chi connectivity index (χ4v) is 2.97. The van der Waals surface area contributed by atoms with Crippen molar-refractivity contribution in [3.05, 3.63) is 48.6 Å². The Bertz CT molecular complexity index is 468. The number of rotatable bonds is 5. The number of hydrogen-bond acceptors (Lipinski definition) is 3. The van der Waals surface area contributed by atoms with Gasteiger partial charge >= 0.3 is 5.97 Å². The van der Waals surface area contributed by atoms with E-state index < -0.39 is 0 Å². The van der Waals surface area contributed by atoms with Gasteiger partial charge in [0.05, 0.1) is 11.2 Å². The van der Waals surface area contributed by atoms with Crippen LogP contribution in [-0.2, 0) is 9.47 Å². The van der Waals surface area contributed by atoms with E-state index in [2.05, 4.69) is 13.5 Å². The minimum Gasteiger partial charge on any atom is -0.459 e. The summed E-state index contributed by atoms with van der Waals surface area (Å²) < 4.78 is 11.0. The van der Waals surface area contributed by atoms with Crippen LogP contribution in [0.15, 0.2) is 43.0 Å². The number of benzene rings is 1. The summed E-state index contributed by atoms with van der Waals surface area (Å²) in [7, 11) is 1.67. The summed E-state index contributed by atoms with van der Waals surface area (Å²) in [6, 6.07) is 9.02. The van der Waals surface area contributed by atoms with Crippen LogP contribution in [0, 0.1) is 11.8 Å². The molecule has 3 heteroatoms.